The second-order valence-electron chi connectivity index (χ2n) is 20.8. The molecule has 0 fully saturated rings. The number of carbonyl (C=O) groups excluding carboxylic acids is 6. The fraction of sp³-hybridized carbons (Fsp3) is 0.640. The molecule has 16 nitrogen and oxygen atoms in total. The number of benzene rings is 2. The van der Waals surface area contributed by atoms with E-state index in [1.54, 1.807) is 118 Å². The highest BCUT2D eigenvalue weighted by Crippen LogP contribution is 2.24. The molecule has 0 saturated carbocycles. The van der Waals surface area contributed by atoms with Crippen LogP contribution < -0.4 is 22.1 Å². The number of hydrogen-bond donors (Lipinski definition) is 6. The Morgan fingerprint density at radius 3 is 1.06 bits per heavy atom. The molecule has 0 aliphatic carbocycles. The molecule has 0 aliphatic heterocycles. The number of imide groups is 2. The molecule has 0 saturated heterocycles. The van der Waals surface area contributed by atoms with Crippen molar-refractivity contribution in [3.63, 3.8) is 0 Å². The van der Waals surface area contributed by atoms with Gasteiger partial charge in [-0.3, -0.25) is 19.2 Å². The molecule has 8 atom stereocenters. The molecule has 8 N–H and O–H groups in total. The molecule has 0 aromatic heterocycles. The van der Waals surface area contributed by atoms with Crippen LogP contribution in [-0.4, -0.2) is 115 Å². The first-order valence-electron chi connectivity index (χ1n) is 23.1. The Hall–Kier alpha value is -4.32. The fourth-order valence-electron chi connectivity index (χ4n) is 7.60. The van der Waals surface area contributed by atoms with Crippen molar-refractivity contribution in [1.29, 1.82) is 0 Å². The summed E-state index contributed by atoms with van der Waals surface area (Å²) in [6, 6.07) is 10.2. The fourth-order valence-corrected chi connectivity index (χ4v) is 7.60. The van der Waals surface area contributed by atoms with Crippen molar-refractivity contribution in [2.24, 2.45) is 35.1 Å². The maximum atomic E-state index is 14.6. The SMILES string of the molecule is CC(C)C[C@H](NC(=O)[C@H](C(C)C)N(C(=O)OC(C)(C)C)C(=O)[C@@H](N)Cc1ccccc1)C(O)C(O)[C@H](CC(C)C)NC(=O)[C@H](C(C)C)N(C(=O)OC(C)(C)C)C(=O)[C@@H](N)Cc1ccccc1.Cl.Cl. The molecule has 2 rings (SSSR count). The molecule has 0 aliphatic rings. The summed E-state index contributed by atoms with van der Waals surface area (Å²) in [6.07, 6.45) is -5.22. The topological polar surface area (TPSA) is 244 Å². The van der Waals surface area contributed by atoms with Gasteiger partial charge >= 0.3 is 12.2 Å². The minimum atomic E-state index is -1.72. The number of carbonyl (C=O) groups is 6. The van der Waals surface area contributed by atoms with E-state index in [2.05, 4.69) is 10.6 Å². The molecule has 2 aromatic carbocycles. The zero-order valence-electron chi connectivity index (χ0n) is 42.6. The minimum absolute atomic E-state index is 0. The first kappa shape index (κ1) is 63.7. The third-order valence-electron chi connectivity index (χ3n) is 10.5. The second-order valence-corrected chi connectivity index (χ2v) is 20.8. The normalized spacial score (nSPS) is 15.3. The van der Waals surface area contributed by atoms with Crippen LogP contribution in [0.5, 0.6) is 0 Å². The summed E-state index contributed by atoms with van der Waals surface area (Å²) >= 11 is 0. The van der Waals surface area contributed by atoms with Crippen LogP contribution in [-0.2, 0) is 41.5 Å². The first-order valence-corrected chi connectivity index (χ1v) is 23.1. The lowest BCUT2D eigenvalue weighted by molar-refractivity contribution is -0.144. The van der Waals surface area contributed by atoms with Gasteiger partial charge in [0.2, 0.25) is 23.6 Å². The van der Waals surface area contributed by atoms with Crippen molar-refractivity contribution in [3.05, 3.63) is 71.8 Å². The van der Waals surface area contributed by atoms with Crippen LogP contribution in [0.4, 0.5) is 9.59 Å². The summed E-state index contributed by atoms with van der Waals surface area (Å²) < 4.78 is 11.3. The third kappa shape index (κ3) is 20.3. The average molecular weight is 998 g/mol. The highest BCUT2D eigenvalue weighted by atomic mass is 35.5. The Kier molecular flexibility index (Phi) is 26.6. The largest absolute Gasteiger partial charge is 0.443 e. The molecule has 2 aromatic rings. The van der Waals surface area contributed by atoms with Crippen molar-refractivity contribution in [3.8, 4) is 0 Å². The van der Waals surface area contributed by atoms with E-state index in [9.17, 15) is 39.0 Å². The molecular weight excluding hydrogens is 915 g/mol. The Labute approximate surface area is 417 Å². The Morgan fingerprint density at radius 2 is 0.824 bits per heavy atom. The summed E-state index contributed by atoms with van der Waals surface area (Å²) in [7, 11) is 0. The minimum Gasteiger partial charge on any atom is -0.443 e. The van der Waals surface area contributed by atoms with E-state index in [1.165, 1.54) is 0 Å². The van der Waals surface area contributed by atoms with Gasteiger partial charge in [0.1, 0.15) is 35.5 Å². The van der Waals surface area contributed by atoms with Crippen LogP contribution in [0.25, 0.3) is 0 Å². The molecule has 18 heteroatoms. The van der Waals surface area contributed by atoms with E-state index in [4.69, 9.17) is 20.9 Å². The number of halogens is 2. The molecular formula is C50H82Cl2N6O10. The standard InChI is InChI=1S/C50H80N6O10.2ClH/c1-29(2)25-37(53-43(59)39(31(5)6)55(47(63)65-49(9,10)11)45(61)35(51)27-33-21-17-15-18-22-33)41(57)42(58)38(26-30(3)4)54-44(60)40(32(7)8)56(48(64)66-50(12,13)14)46(62)36(52)28-34-23-19-16-20-24-34;;/h15-24,29-32,35-42,57-58H,25-28,51-52H2,1-14H3,(H,53,59)(H,54,60);2*1H/t35-,36-,37-,38-,39-,40-,41?,42?;;/m0../s1. The van der Waals surface area contributed by atoms with Gasteiger partial charge < -0.3 is 41.8 Å². The predicted molar refractivity (Wildman–Crippen MR) is 269 cm³/mol. The van der Waals surface area contributed by atoms with Gasteiger partial charge in [0, 0.05) is 0 Å². The van der Waals surface area contributed by atoms with E-state index >= 15 is 0 Å². The maximum absolute atomic E-state index is 14.6. The number of aliphatic hydroxyl groups is 2. The molecule has 68 heavy (non-hydrogen) atoms. The number of ether oxygens (including phenoxy) is 2. The van der Waals surface area contributed by atoms with Crippen LogP contribution in [0, 0.1) is 23.7 Å². The maximum Gasteiger partial charge on any atom is 0.417 e. The third-order valence-corrected chi connectivity index (χ3v) is 10.5. The monoisotopic (exact) mass is 997 g/mol. The van der Waals surface area contributed by atoms with Crippen LogP contribution in [0.1, 0.15) is 121 Å². The summed E-state index contributed by atoms with van der Waals surface area (Å²) in [5, 5.41) is 29.8. The Balaban J connectivity index is 0.0000224. The number of nitrogens with zero attached hydrogens (tertiary/aromatic N) is 2. The smallest absolute Gasteiger partial charge is 0.417 e. The van der Waals surface area contributed by atoms with Gasteiger partial charge in [0.25, 0.3) is 0 Å². The van der Waals surface area contributed by atoms with E-state index in [1.807, 2.05) is 39.8 Å². The molecule has 0 spiro atoms. The van der Waals surface area contributed by atoms with Crippen LogP contribution in [0.3, 0.4) is 0 Å². The lowest BCUT2D eigenvalue weighted by Gasteiger charge is -2.39. The first-order chi connectivity index (χ1) is 30.4. The van der Waals surface area contributed by atoms with Gasteiger partial charge in [-0.1, -0.05) is 116 Å². The summed E-state index contributed by atoms with van der Waals surface area (Å²) in [6.45, 7) is 23.8. The van der Waals surface area contributed by atoms with Crippen molar-refractivity contribution in [1.82, 2.24) is 20.4 Å². The van der Waals surface area contributed by atoms with Crippen LogP contribution in [0.2, 0.25) is 0 Å². The van der Waals surface area contributed by atoms with Gasteiger partial charge in [-0.05, 0) is 102 Å². The van der Waals surface area contributed by atoms with Crippen molar-refractivity contribution in [2.75, 3.05) is 0 Å². The summed E-state index contributed by atoms with van der Waals surface area (Å²) in [4.78, 5) is 86.7. The van der Waals surface area contributed by atoms with E-state index in [0.29, 0.717) is 0 Å². The predicted octanol–water partition coefficient (Wildman–Crippen LogP) is 6.33. The molecule has 0 bridgehead atoms. The van der Waals surface area contributed by atoms with Crippen molar-refractivity contribution < 1.29 is 48.5 Å². The van der Waals surface area contributed by atoms with E-state index in [-0.39, 0.29) is 62.3 Å². The number of nitrogens with one attached hydrogen (secondary N) is 2. The summed E-state index contributed by atoms with van der Waals surface area (Å²) in [5.41, 5.74) is 12.2. The number of rotatable bonds is 21. The van der Waals surface area contributed by atoms with Crippen LogP contribution in [0.15, 0.2) is 60.7 Å². The average Bonchev–Trinajstić information content (AvgIpc) is 3.18. The highest BCUT2D eigenvalue weighted by molar-refractivity contribution is 6.01. The van der Waals surface area contributed by atoms with Gasteiger partial charge in [0.15, 0.2) is 0 Å². The van der Waals surface area contributed by atoms with Crippen molar-refractivity contribution >= 4 is 60.6 Å². The van der Waals surface area contributed by atoms with Crippen molar-refractivity contribution in [2.45, 2.75) is 182 Å². The van der Waals surface area contributed by atoms with Gasteiger partial charge in [-0.15, -0.1) is 24.8 Å². The molecule has 6 amide bonds. The zero-order chi connectivity index (χ0) is 50.4. The lowest BCUT2D eigenvalue weighted by Crippen LogP contribution is -2.64. The molecule has 0 radical (unpaired) electrons. The van der Waals surface area contributed by atoms with E-state index in [0.717, 1.165) is 20.9 Å². The number of nitrogens with two attached hydrogens (primary N) is 2. The Morgan fingerprint density at radius 1 is 0.544 bits per heavy atom. The zero-order valence-corrected chi connectivity index (χ0v) is 44.2. The van der Waals surface area contributed by atoms with Gasteiger partial charge in [-0.25, -0.2) is 19.4 Å². The summed E-state index contributed by atoms with van der Waals surface area (Å²) in [5.74, 6) is -4.98. The molecule has 0 heterocycles. The van der Waals surface area contributed by atoms with Gasteiger partial charge in [0.05, 0.1) is 24.2 Å². The second kappa shape index (κ2) is 28.4. The van der Waals surface area contributed by atoms with E-state index < -0.39 is 107 Å². The number of aliphatic hydroxyl groups excluding tert-OH is 2. The molecule has 386 valence electrons. The van der Waals surface area contributed by atoms with Gasteiger partial charge in [-0.2, -0.15) is 0 Å². The quantitative estimate of drug-likeness (QED) is 0.0804. The lowest BCUT2D eigenvalue weighted by atomic mass is 9.88. The van der Waals surface area contributed by atoms with Crippen LogP contribution >= 0.6 is 24.8 Å². The Bertz CT molecular complexity index is 1760. The highest BCUT2D eigenvalue weighted by Gasteiger charge is 2.45. The number of hydrogen-bond acceptors (Lipinski definition) is 12. The molecule has 2 unspecified atom stereocenters. The number of amides is 6.